The summed E-state index contributed by atoms with van der Waals surface area (Å²) in [5.41, 5.74) is 0.791. The molecule has 0 aromatic heterocycles. The third-order valence-corrected chi connectivity index (χ3v) is 6.65. The van der Waals surface area contributed by atoms with E-state index in [1.165, 1.54) is 24.3 Å². The van der Waals surface area contributed by atoms with E-state index in [4.69, 9.17) is 4.74 Å². The fourth-order valence-electron chi connectivity index (χ4n) is 3.68. The van der Waals surface area contributed by atoms with Crippen LogP contribution in [-0.2, 0) is 19.6 Å². The standard InChI is InChI=1S/C22H26N2O6S/c1-2-30-17-11-7-16(8-12-17)24-31(28,29)18-13-9-15(10-14-18)23-21(25)19-5-3-4-6-20(19)22(26)27/h7-14,19-20,24H,2-6H2,1H3,(H,23,25)(H,26,27)/p-1/t19-,20+/m0/s1. The summed E-state index contributed by atoms with van der Waals surface area (Å²) in [4.78, 5) is 23.9. The summed E-state index contributed by atoms with van der Waals surface area (Å²) >= 11 is 0. The SMILES string of the molecule is CCOc1ccc(NS(=O)(=O)c2ccc(NC(=O)[C@H]3CCCC[C@H]3C(=O)[O-])cc2)cc1. The molecule has 2 atom stereocenters. The van der Waals surface area contributed by atoms with Gasteiger partial charge in [-0.25, -0.2) is 8.42 Å². The summed E-state index contributed by atoms with van der Waals surface area (Å²) in [5, 5.41) is 14.0. The number of hydrogen-bond donors (Lipinski definition) is 2. The first-order valence-electron chi connectivity index (χ1n) is 10.2. The van der Waals surface area contributed by atoms with Gasteiger partial charge in [0, 0.05) is 29.2 Å². The first-order valence-corrected chi connectivity index (χ1v) is 11.7. The van der Waals surface area contributed by atoms with Crippen LogP contribution >= 0.6 is 0 Å². The summed E-state index contributed by atoms with van der Waals surface area (Å²) in [7, 11) is -3.81. The Balaban J connectivity index is 1.66. The van der Waals surface area contributed by atoms with Crippen molar-refractivity contribution in [1.82, 2.24) is 0 Å². The van der Waals surface area contributed by atoms with Gasteiger partial charge in [0.15, 0.2) is 0 Å². The van der Waals surface area contributed by atoms with Crippen molar-refractivity contribution in [3.63, 3.8) is 0 Å². The zero-order valence-electron chi connectivity index (χ0n) is 17.2. The van der Waals surface area contributed by atoms with Crippen molar-refractivity contribution in [2.24, 2.45) is 11.8 Å². The van der Waals surface area contributed by atoms with E-state index in [-0.39, 0.29) is 4.90 Å². The van der Waals surface area contributed by atoms with E-state index in [9.17, 15) is 23.1 Å². The molecule has 0 aliphatic heterocycles. The van der Waals surface area contributed by atoms with Crippen LogP contribution in [-0.4, -0.2) is 26.9 Å². The van der Waals surface area contributed by atoms with Gasteiger partial charge in [-0.15, -0.1) is 0 Å². The van der Waals surface area contributed by atoms with Gasteiger partial charge in [0.1, 0.15) is 5.75 Å². The molecule has 2 N–H and O–H groups in total. The second-order valence-electron chi connectivity index (χ2n) is 7.39. The highest BCUT2D eigenvalue weighted by molar-refractivity contribution is 7.92. The normalized spacial score (nSPS) is 18.7. The van der Waals surface area contributed by atoms with Gasteiger partial charge in [0.2, 0.25) is 5.91 Å². The maximum Gasteiger partial charge on any atom is 0.261 e. The lowest BCUT2D eigenvalue weighted by Crippen LogP contribution is -2.42. The van der Waals surface area contributed by atoms with Crippen molar-refractivity contribution >= 4 is 33.3 Å². The number of nitrogens with one attached hydrogen (secondary N) is 2. The van der Waals surface area contributed by atoms with Crippen molar-refractivity contribution in [3.8, 4) is 5.75 Å². The molecule has 8 nitrogen and oxygen atoms in total. The number of carbonyl (C=O) groups is 2. The third-order valence-electron chi connectivity index (χ3n) is 5.26. The van der Waals surface area contributed by atoms with Crippen molar-refractivity contribution in [3.05, 3.63) is 48.5 Å². The number of sulfonamides is 1. The minimum atomic E-state index is -3.81. The molecule has 0 bridgehead atoms. The quantitative estimate of drug-likeness (QED) is 0.643. The monoisotopic (exact) mass is 445 g/mol. The maximum absolute atomic E-state index is 12.6. The first-order chi connectivity index (χ1) is 14.8. The lowest BCUT2D eigenvalue weighted by Gasteiger charge is -2.31. The molecule has 0 saturated heterocycles. The third kappa shape index (κ3) is 5.75. The number of anilines is 2. The second-order valence-corrected chi connectivity index (χ2v) is 9.08. The van der Waals surface area contributed by atoms with Gasteiger partial charge in [-0.05, 0) is 68.3 Å². The smallest absolute Gasteiger partial charge is 0.261 e. The first kappa shape index (κ1) is 22.6. The molecule has 1 fully saturated rings. The summed E-state index contributed by atoms with van der Waals surface area (Å²) in [5.74, 6) is -2.40. The Labute approximate surface area is 181 Å². The lowest BCUT2D eigenvalue weighted by atomic mass is 9.78. The fourth-order valence-corrected chi connectivity index (χ4v) is 4.74. The zero-order valence-corrected chi connectivity index (χ0v) is 18.0. The molecule has 0 unspecified atom stereocenters. The van der Waals surface area contributed by atoms with Crippen LogP contribution in [0.4, 0.5) is 11.4 Å². The van der Waals surface area contributed by atoms with Crippen molar-refractivity contribution in [2.45, 2.75) is 37.5 Å². The van der Waals surface area contributed by atoms with Crippen LogP contribution < -0.4 is 19.9 Å². The summed E-state index contributed by atoms with van der Waals surface area (Å²) in [6.45, 7) is 2.38. The molecule has 2 aromatic carbocycles. The van der Waals surface area contributed by atoms with Crippen molar-refractivity contribution in [1.29, 1.82) is 0 Å². The van der Waals surface area contributed by atoms with Crippen LogP contribution in [0.5, 0.6) is 5.75 Å². The molecule has 0 radical (unpaired) electrons. The van der Waals surface area contributed by atoms with Crippen LogP contribution in [0.1, 0.15) is 32.6 Å². The van der Waals surface area contributed by atoms with E-state index >= 15 is 0 Å². The Morgan fingerprint density at radius 1 is 0.968 bits per heavy atom. The number of rotatable bonds is 8. The predicted molar refractivity (Wildman–Crippen MR) is 114 cm³/mol. The topological polar surface area (TPSA) is 125 Å². The minimum absolute atomic E-state index is 0.0321. The van der Waals surface area contributed by atoms with Crippen LogP contribution in [0.3, 0.4) is 0 Å². The van der Waals surface area contributed by atoms with E-state index in [1.54, 1.807) is 24.3 Å². The maximum atomic E-state index is 12.6. The van der Waals surface area contributed by atoms with Gasteiger partial charge in [-0.1, -0.05) is 12.8 Å². The molecule has 9 heteroatoms. The fraction of sp³-hybridized carbons (Fsp3) is 0.364. The van der Waals surface area contributed by atoms with E-state index in [1.807, 2.05) is 6.92 Å². The predicted octanol–water partition coefficient (Wildman–Crippen LogP) is 2.38. The van der Waals surface area contributed by atoms with Crippen molar-refractivity contribution in [2.75, 3.05) is 16.6 Å². The van der Waals surface area contributed by atoms with E-state index in [0.717, 1.165) is 12.8 Å². The van der Waals surface area contributed by atoms with E-state index in [0.29, 0.717) is 36.6 Å². The number of benzene rings is 2. The van der Waals surface area contributed by atoms with Gasteiger partial charge in [0.25, 0.3) is 10.0 Å². The molecule has 0 spiro atoms. The molecule has 166 valence electrons. The van der Waals surface area contributed by atoms with Crippen LogP contribution in [0.2, 0.25) is 0 Å². The van der Waals surface area contributed by atoms with Gasteiger partial charge in [-0.2, -0.15) is 0 Å². The van der Waals surface area contributed by atoms with Gasteiger partial charge in [-0.3, -0.25) is 9.52 Å². The summed E-state index contributed by atoms with van der Waals surface area (Å²) < 4.78 is 33.0. The molecular weight excluding hydrogens is 420 g/mol. The summed E-state index contributed by atoms with van der Waals surface area (Å²) in [6, 6.07) is 12.3. The number of carboxylic acid groups (broad SMARTS) is 1. The van der Waals surface area contributed by atoms with Crippen molar-refractivity contribution < 1.29 is 27.9 Å². The molecule has 1 amide bonds. The number of amides is 1. The minimum Gasteiger partial charge on any atom is -0.550 e. The highest BCUT2D eigenvalue weighted by Gasteiger charge is 2.31. The Morgan fingerprint density at radius 2 is 1.55 bits per heavy atom. The molecular formula is C22H25N2O6S-. The molecule has 1 saturated carbocycles. The number of aliphatic carboxylic acids is 1. The van der Waals surface area contributed by atoms with E-state index in [2.05, 4.69) is 10.0 Å². The van der Waals surface area contributed by atoms with E-state index < -0.39 is 33.7 Å². The average molecular weight is 446 g/mol. The summed E-state index contributed by atoms with van der Waals surface area (Å²) in [6.07, 6.45) is 2.46. The highest BCUT2D eigenvalue weighted by Crippen LogP contribution is 2.31. The number of ether oxygens (including phenoxy) is 1. The second kappa shape index (κ2) is 9.82. The lowest BCUT2D eigenvalue weighted by molar-refractivity contribution is -0.313. The highest BCUT2D eigenvalue weighted by atomic mass is 32.2. The molecule has 1 aliphatic rings. The number of hydrogen-bond acceptors (Lipinski definition) is 6. The van der Waals surface area contributed by atoms with Gasteiger partial charge in [0.05, 0.1) is 11.5 Å². The Morgan fingerprint density at radius 3 is 2.13 bits per heavy atom. The van der Waals surface area contributed by atoms with Crippen LogP contribution in [0.25, 0.3) is 0 Å². The molecule has 0 heterocycles. The van der Waals surface area contributed by atoms with Crippen LogP contribution in [0, 0.1) is 11.8 Å². The Hall–Kier alpha value is -3.07. The average Bonchev–Trinajstić information content (AvgIpc) is 2.75. The molecule has 31 heavy (non-hydrogen) atoms. The van der Waals surface area contributed by atoms with Gasteiger partial charge >= 0.3 is 0 Å². The Kier molecular flexibility index (Phi) is 7.17. The molecule has 2 aromatic rings. The molecule has 3 rings (SSSR count). The Bertz CT molecular complexity index is 1020. The van der Waals surface area contributed by atoms with Gasteiger partial charge < -0.3 is 20.0 Å². The number of carboxylic acids is 1. The largest absolute Gasteiger partial charge is 0.550 e. The van der Waals surface area contributed by atoms with Crippen LogP contribution in [0.15, 0.2) is 53.4 Å². The zero-order chi connectivity index (χ0) is 22.4. The molecule has 1 aliphatic carbocycles. The number of carbonyl (C=O) groups excluding carboxylic acids is 2.